The van der Waals surface area contributed by atoms with Crippen LogP contribution in [0.15, 0.2) is 45.9 Å². The van der Waals surface area contributed by atoms with Gasteiger partial charge in [-0.25, -0.2) is 0 Å². The fraction of sp³-hybridized carbons (Fsp3) is 0.333. The zero-order valence-electron chi connectivity index (χ0n) is 10.6. The summed E-state index contributed by atoms with van der Waals surface area (Å²) < 4.78 is 5.38. The monoisotopic (exact) mass is 259 g/mol. The molecule has 0 amide bonds. The number of rotatable bonds is 3. The van der Waals surface area contributed by atoms with Gasteiger partial charge in [-0.1, -0.05) is 24.3 Å². The molecule has 18 heavy (non-hydrogen) atoms. The van der Waals surface area contributed by atoms with E-state index in [0.29, 0.717) is 11.3 Å². The Kier molecular flexibility index (Phi) is 3.18. The van der Waals surface area contributed by atoms with Crippen molar-refractivity contribution >= 4 is 11.8 Å². The highest BCUT2D eigenvalue weighted by Gasteiger charge is 2.32. The van der Waals surface area contributed by atoms with Gasteiger partial charge in [0.05, 0.1) is 6.26 Å². The molecule has 1 aromatic carbocycles. The topological polar surface area (TPSA) is 25.2 Å². The highest BCUT2D eigenvalue weighted by molar-refractivity contribution is 8.00. The van der Waals surface area contributed by atoms with Crippen LogP contribution in [-0.2, 0) is 6.42 Å². The third kappa shape index (κ3) is 1.98. The van der Waals surface area contributed by atoms with E-state index in [1.807, 2.05) is 25.7 Å². The van der Waals surface area contributed by atoms with Crippen molar-refractivity contribution in [3.8, 4) is 0 Å². The molecule has 0 fully saturated rings. The largest absolute Gasteiger partial charge is 0.468 e. The van der Waals surface area contributed by atoms with Crippen LogP contribution < -0.4 is 5.32 Å². The molecular formula is C15H17NOS. The number of thioether (sulfide) groups is 1. The van der Waals surface area contributed by atoms with Gasteiger partial charge in [0.1, 0.15) is 5.76 Å². The molecule has 0 aliphatic heterocycles. The summed E-state index contributed by atoms with van der Waals surface area (Å²) in [6, 6.07) is 11.2. The van der Waals surface area contributed by atoms with E-state index in [9.17, 15) is 0 Å². The molecule has 1 aromatic heterocycles. The van der Waals surface area contributed by atoms with Crippen molar-refractivity contribution in [2.45, 2.75) is 29.5 Å². The first-order valence-electron chi connectivity index (χ1n) is 6.25. The molecule has 2 unspecified atom stereocenters. The molecule has 0 bridgehead atoms. The standard InChI is InChI=1S/C15H17NOS/c1-10-13(7-8-17-10)18-14-9-11-5-3-4-6-12(11)15(14)16-2/h3-8,14-16H,9H2,1-2H3. The lowest BCUT2D eigenvalue weighted by Crippen LogP contribution is -2.23. The zero-order valence-corrected chi connectivity index (χ0v) is 11.5. The molecular weight excluding hydrogens is 242 g/mol. The van der Waals surface area contributed by atoms with Crippen molar-refractivity contribution < 1.29 is 4.42 Å². The van der Waals surface area contributed by atoms with Gasteiger partial charge in [-0.2, -0.15) is 0 Å². The maximum absolute atomic E-state index is 5.38. The lowest BCUT2D eigenvalue weighted by molar-refractivity contribution is 0.526. The molecule has 0 spiro atoms. The first kappa shape index (κ1) is 11.9. The van der Waals surface area contributed by atoms with Gasteiger partial charge in [0.25, 0.3) is 0 Å². The summed E-state index contributed by atoms with van der Waals surface area (Å²) in [5.74, 6) is 1.02. The SMILES string of the molecule is CNC1c2ccccc2CC1Sc1ccoc1C. The molecule has 3 rings (SSSR count). The number of nitrogens with one attached hydrogen (secondary N) is 1. The zero-order chi connectivity index (χ0) is 12.5. The van der Waals surface area contributed by atoms with Gasteiger partial charge >= 0.3 is 0 Å². The van der Waals surface area contributed by atoms with E-state index in [1.165, 1.54) is 16.0 Å². The predicted molar refractivity (Wildman–Crippen MR) is 75.0 cm³/mol. The van der Waals surface area contributed by atoms with E-state index in [1.54, 1.807) is 6.26 Å². The fourth-order valence-corrected chi connectivity index (χ4v) is 4.02. The number of fused-ring (bicyclic) bond motifs is 1. The van der Waals surface area contributed by atoms with Gasteiger partial charge < -0.3 is 9.73 Å². The van der Waals surface area contributed by atoms with Gasteiger partial charge in [0.15, 0.2) is 0 Å². The van der Waals surface area contributed by atoms with Crippen molar-refractivity contribution in [1.82, 2.24) is 5.32 Å². The molecule has 1 N–H and O–H groups in total. The Morgan fingerprint density at radius 3 is 2.83 bits per heavy atom. The molecule has 1 aliphatic rings. The Morgan fingerprint density at radius 2 is 2.11 bits per heavy atom. The predicted octanol–water partition coefficient (Wildman–Crippen LogP) is 3.57. The first-order chi connectivity index (χ1) is 8.79. The van der Waals surface area contributed by atoms with E-state index < -0.39 is 0 Å². The molecule has 0 saturated heterocycles. The lowest BCUT2D eigenvalue weighted by atomic mass is 10.1. The quantitative estimate of drug-likeness (QED) is 0.912. The highest BCUT2D eigenvalue weighted by atomic mass is 32.2. The van der Waals surface area contributed by atoms with Crippen molar-refractivity contribution in [2.75, 3.05) is 7.05 Å². The van der Waals surface area contributed by atoms with E-state index in [0.717, 1.165) is 12.2 Å². The molecule has 1 heterocycles. The summed E-state index contributed by atoms with van der Waals surface area (Å²) in [4.78, 5) is 1.26. The van der Waals surface area contributed by atoms with E-state index in [2.05, 4.69) is 35.6 Å². The Labute approximate surface area is 112 Å². The van der Waals surface area contributed by atoms with E-state index >= 15 is 0 Å². The second kappa shape index (κ2) is 4.82. The van der Waals surface area contributed by atoms with Crippen LogP contribution in [0, 0.1) is 6.92 Å². The summed E-state index contributed by atoms with van der Waals surface area (Å²) in [6.45, 7) is 2.03. The van der Waals surface area contributed by atoms with Crippen molar-refractivity contribution in [2.24, 2.45) is 0 Å². The van der Waals surface area contributed by atoms with Crippen LogP contribution >= 0.6 is 11.8 Å². The minimum atomic E-state index is 0.431. The van der Waals surface area contributed by atoms with Gasteiger partial charge in [0, 0.05) is 16.2 Å². The average Bonchev–Trinajstić information content (AvgIpc) is 2.93. The minimum Gasteiger partial charge on any atom is -0.468 e. The number of furan rings is 1. The van der Waals surface area contributed by atoms with Gasteiger partial charge in [-0.3, -0.25) is 0 Å². The van der Waals surface area contributed by atoms with Crippen LogP contribution in [-0.4, -0.2) is 12.3 Å². The Balaban J connectivity index is 1.85. The van der Waals surface area contributed by atoms with Crippen LogP contribution in [0.1, 0.15) is 22.9 Å². The smallest absolute Gasteiger partial charge is 0.114 e. The summed E-state index contributed by atoms with van der Waals surface area (Å²) in [5.41, 5.74) is 2.91. The Hall–Kier alpha value is -1.19. The lowest BCUT2D eigenvalue weighted by Gasteiger charge is -2.19. The van der Waals surface area contributed by atoms with Gasteiger partial charge in [-0.05, 0) is 37.6 Å². The van der Waals surface area contributed by atoms with Crippen LogP contribution in [0.25, 0.3) is 0 Å². The van der Waals surface area contributed by atoms with Crippen LogP contribution in [0.4, 0.5) is 0 Å². The van der Waals surface area contributed by atoms with Gasteiger partial charge in [-0.15, -0.1) is 11.8 Å². The molecule has 3 heteroatoms. The summed E-state index contributed by atoms with van der Waals surface area (Å²) in [5, 5.41) is 4.00. The maximum atomic E-state index is 5.38. The summed E-state index contributed by atoms with van der Waals surface area (Å²) in [7, 11) is 2.04. The highest BCUT2D eigenvalue weighted by Crippen LogP contribution is 2.42. The van der Waals surface area contributed by atoms with E-state index in [4.69, 9.17) is 4.42 Å². The Morgan fingerprint density at radius 1 is 1.28 bits per heavy atom. The number of benzene rings is 1. The normalized spacial score (nSPS) is 22.1. The molecule has 94 valence electrons. The van der Waals surface area contributed by atoms with Crippen LogP contribution in [0.3, 0.4) is 0 Å². The third-order valence-electron chi connectivity index (χ3n) is 3.58. The minimum absolute atomic E-state index is 0.431. The Bertz CT molecular complexity index is 549. The van der Waals surface area contributed by atoms with Crippen molar-refractivity contribution in [1.29, 1.82) is 0 Å². The number of hydrogen-bond acceptors (Lipinski definition) is 3. The second-order valence-electron chi connectivity index (χ2n) is 4.67. The van der Waals surface area contributed by atoms with Crippen LogP contribution in [0.2, 0.25) is 0 Å². The van der Waals surface area contributed by atoms with Gasteiger partial charge in [0.2, 0.25) is 0 Å². The molecule has 2 atom stereocenters. The molecule has 1 aliphatic carbocycles. The average molecular weight is 259 g/mol. The molecule has 2 aromatic rings. The van der Waals surface area contributed by atoms with Crippen molar-refractivity contribution in [3.63, 3.8) is 0 Å². The van der Waals surface area contributed by atoms with Crippen LogP contribution in [0.5, 0.6) is 0 Å². The van der Waals surface area contributed by atoms with E-state index in [-0.39, 0.29) is 0 Å². The molecule has 0 radical (unpaired) electrons. The molecule has 2 nitrogen and oxygen atoms in total. The fourth-order valence-electron chi connectivity index (χ4n) is 2.67. The second-order valence-corrected chi connectivity index (χ2v) is 5.95. The maximum Gasteiger partial charge on any atom is 0.114 e. The number of aryl methyl sites for hydroxylation is 1. The number of hydrogen-bond donors (Lipinski definition) is 1. The third-order valence-corrected chi connectivity index (χ3v) is 5.00. The van der Waals surface area contributed by atoms with Crippen molar-refractivity contribution in [3.05, 3.63) is 53.5 Å². The molecule has 0 saturated carbocycles. The summed E-state index contributed by atoms with van der Waals surface area (Å²) >= 11 is 1.92. The first-order valence-corrected chi connectivity index (χ1v) is 7.13. The summed E-state index contributed by atoms with van der Waals surface area (Å²) in [6.07, 6.45) is 2.89.